The lowest BCUT2D eigenvalue weighted by Crippen LogP contribution is -2.56. The molecule has 0 saturated carbocycles. The van der Waals surface area contributed by atoms with Gasteiger partial charge in [0.15, 0.2) is 0 Å². The fourth-order valence-corrected chi connectivity index (χ4v) is 4.97. The average Bonchev–Trinajstić information content (AvgIpc) is 3.03. The summed E-state index contributed by atoms with van der Waals surface area (Å²) in [6.07, 6.45) is 8.23. The lowest BCUT2D eigenvalue weighted by molar-refractivity contribution is -0.138. The minimum Gasteiger partial charge on any atom is -0.497 e. The molecule has 10 nitrogen and oxygen atoms in total. The number of unbranched alkanes of at least 4 members (excludes halogenated alkanes) is 6. The Morgan fingerprint density at radius 1 is 0.717 bits per heavy atom. The second kappa shape index (κ2) is 20.7. The minimum absolute atomic E-state index is 0.0139. The zero-order valence-corrected chi connectivity index (χ0v) is 28.0. The number of hydrogen-bond donors (Lipinski definition) is 4. The van der Waals surface area contributed by atoms with Crippen molar-refractivity contribution in [1.82, 2.24) is 16.0 Å². The summed E-state index contributed by atoms with van der Waals surface area (Å²) in [7, 11) is 1.55. The molecule has 46 heavy (non-hydrogen) atoms. The third-order valence-corrected chi connectivity index (χ3v) is 7.61. The van der Waals surface area contributed by atoms with E-state index in [4.69, 9.17) is 4.74 Å². The normalized spacial score (nSPS) is 12.8. The van der Waals surface area contributed by atoms with E-state index in [9.17, 15) is 24.0 Å². The SMILES string of the molecule is CCCCCCCCCC(=O)N[C@@H](C)C(=O)N[C@@H](Cc1ccc(OC)cc1)C(=O)N[C@@H](CC(C)C)C(=O)C(=O)Nc1ccccc1. The van der Waals surface area contributed by atoms with E-state index in [2.05, 4.69) is 28.2 Å². The van der Waals surface area contributed by atoms with Gasteiger partial charge in [-0.1, -0.05) is 89.6 Å². The van der Waals surface area contributed by atoms with Gasteiger partial charge >= 0.3 is 0 Å². The molecule has 0 radical (unpaired) electrons. The van der Waals surface area contributed by atoms with Crippen LogP contribution in [0.3, 0.4) is 0 Å². The van der Waals surface area contributed by atoms with E-state index in [1.807, 2.05) is 13.8 Å². The number of benzene rings is 2. The van der Waals surface area contributed by atoms with Crippen LogP contribution in [0.25, 0.3) is 0 Å². The smallest absolute Gasteiger partial charge is 0.293 e. The highest BCUT2D eigenvalue weighted by Crippen LogP contribution is 2.15. The van der Waals surface area contributed by atoms with E-state index in [1.54, 1.807) is 68.6 Å². The number of amides is 4. The van der Waals surface area contributed by atoms with E-state index in [-0.39, 0.29) is 24.7 Å². The van der Waals surface area contributed by atoms with Crippen molar-refractivity contribution in [1.29, 1.82) is 0 Å². The third-order valence-electron chi connectivity index (χ3n) is 7.61. The maximum atomic E-state index is 13.7. The first-order chi connectivity index (χ1) is 22.0. The Morgan fingerprint density at radius 2 is 1.33 bits per heavy atom. The number of nitrogens with one attached hydrogen (secondary N) is 4. The predicted molar refractivity (Wildman–Crippen MR) is 180 cm³/mol. The Bertz CT molecular complexity index is 1250. The lowest BCUT2D eigenvalue weighted by Gasteiger charge is -2.25. The molecule has 0 aliphatic rings. The summed E-state index contributed by atoms with van der Waals surface area (Å²) in [5.41, 5.74) is 1.20. The molecule has 4 N–H and O–H groups in total. The number of ether oxygens (including phenoxy) is 1. The van der Waals surface area contributed by atoms with E-state index in [0.717, 1.165) is 31.2 Å². The summed E-state index contributed by atoms with van der Waals surface area (Å²) < 4.78 is 5.23. The van der Waals surface area contributed by atoms with Gasteiger partial charge in [-0.3, -0.25) is 24.0 Å². The molecule has 252 valence electrons. The van der Waals surface area contributed by atoms with Crippen LogP contribution in [0.5, 0.6) is 5.75 Å². The predicted octanol–water partition coefficient (Wildman–Crippen LogP) is 5.11. The summed E-state index contributed by atoms with van der Waals surface area (Å²) in [6.45, 7) is 7.51. The molecule has 3 atom stereocenters. The average molecular weight is 637 g/mol. The zero-order chi connectivity index (χ0) is 33.9. The number of hydrogen-bond acceptors (Lipinski definition) is 6. The van der Waals surface area contributed by atoms with Gasteiger partial charge in [-0.05, 0) is 55.5 Å². The number of para-hydroxylation sites is 1. The topological polar surface area (TPSA) is 143 Å². The molecular formula is C36H52N4O6. The second-order valence-electron chi connectivity index (χ2n) is 12.1. The highest BCUT2D eigenvalue weighted by Gasteiger charge is 2.32. The van der Waals surface area contributed by atoms with Crippen LogP contribution < -0.4 is 26.0 Å². The van der Waals surface area contributed by atoms with Crippen LogP contribution in [0.4, 0.5) is 5.69 Å². The zero-order valence-electron chi connectivity index (χ0n) is 28.0. The summed E-state index contributed by atoms with van der Waals surface area (Å²) in [5, 5.41) is 10.8. The molecule has 0 unspecified atom stereocenters. The Hall–Kier alpha value is -4.21. The van der Waals surface area contributed by atoms with Crippen LogP contribution in [0.15, 0.2) is 54.6 Å². The van der Waals surface area contributed by atoms with E-state index < -0.39 is 41.6 Å². The summed E-state index contributed by atoms with van der Waals surface area (Å²) in [4.78, 5) is 65.5. The van der Waals surface area contributed by atoms with Crippen LogP contribution in [0.2, 0.25) is 0 Å². The van der Waals surface area contributed by atoms with Gasteiger partial charge in [0.05, 0.1) is 13.2 Å². The molecule has 2 aromatic rings. The number of Topliss-reactive ketones (excluding diaryl/α,β-unsaturated/α-hetero) is 1. The maximum Gasteiger partial charge on any atom is 0.293 e. The van der Waals surface area contributed by atoms with Crippen molar-refractivity contribution in [3.63, 3.8) is 0 Å². The van der Waals surface area contributed by atoms with Gasteiger partial charge in [0.1, 0.15) is 17.8 Å². The van der Waals surface area contributed by atoms with Gasteiger partial charge in [0.25, 0.3) is 5.91 Å². The first-order valence-corrected chi connectivity index (χ1v) is 16.5. The molecule has 0 aromatic heterocycles. The second-order valence-corrected chi connectivity index (χ2v) is 12.1. The van der Waals surface area contributed by atoms with Crippen molar-refractivity contribution in [3.05, 3.63) is 60.2 Å². The summed E-state index contributed by atoms with van der Waals surface area (Å²) in [5.74, 6) is -2.37. The largest absolute Gasteiger partial charge is 0.497 e. The molecule has 0 fully saturated rings. The fraction of sp³-hybridized carbons (Fsp3) is 0.528. The number of carbonyl (C=O) groups excluding carboxylic acids is 5. The van der Waals surface area contributed by atoms with E-state index in [0.29, 0.717) is 17.9 Å². The molecule has 0 saturated heterocycles. The van der Waals surface area contributed by atoms with Gasteiger partial charge < -0.3 is 26.0 Å². The number of ketones is 1. The highest BCUT2D eigenvalue weighted by molar-refractivity contribution is 6.42. The van der Waals surface area contributed by atoms with Crippen molar-refractivity contribution < 1.29 is 28.7 Å². The molecule has 2 rings (SSSR count). The molecule has 0 spiro atoms. The fourth-order valence-electron chi connectivity index (χ4n) is 4.97. The monoisotopic (exact) mass is 636 g/mol. The van der Waals surface area contributed by atoms with Gasteiger partial charge in [-0.15, -0.1) is 0 Å². The summed E-state index contributed by atoms with van der Waals surface area (Å²) in [6, 6.07) is 12.6. The van der Waals surface area contributed by atoms with Crippen molar-refractivity contribution >= 4 is 35.1 Å². The standard InChI is InChI=1S/C36H52N4O6/c1-6-7-8-9-10-11-15-18-32(41)37-26(4)34(43)40-31(24-27-19-21-29(46-5)22-20-27)35(44)39-30(23-25(2)3)33(42)36(45)38-28-16-13-12-14-17-28/h12-14,16-17,19-22,25-26,30-31H,6-11,15,18,23-24H2,1-5H3,(H,37,41)(H,38,45)(H,39,44)(H,40,43)/t26-,30-,31-/m0/s1. The van der Waals surface area contributed by atoms with Crippen molar-refractivity contribution in [2.75, 3.05) is 12.4 Å². The molecule has 4 amide bonds. The number of anilines is 1. The van der Waals surface area contributed by atoms with Crippen molar-refractivity contribution in [2.24, 2.45) is 5.92 Å². The number of rotatable bonds is 21. The Kier molecular flexibility index (Phi) is 17.1. The quantitative estimate of drug-likeness (QED) is 0.111. The minimum atomic E-state index is -1.11. The first-order valence-electron chi connectivity index (χ1n) is 16.5. The van der Waals surface area contributed by atoms with Gasteiger partial charge in [0.2, 0.25) is 23.5 Å². The van der Waals surface area contributed by atoms with Crippen molar-refractivity contribution in [3.8, 4) is 5.75 Å². The highest BCUT2D eigenvalue weighted by atomic mass is 16.5. The van der Waals surface area contributed by atoms with Crippen LogP contribution in [-0.4, -0.2) is 54.6 Å². The van der Waals surface area contributed by atoms with Crippen molar-refractivity contribution in [2.45, 2.75) is 110 Å². The maximum absolute atomic E-state index is 13.7. The first kappa shape index (κ1) is 38.0. The van der Waals surface area contributed by atoms with Gasteiger partial charge in [-0.25, -0.2) is 0 Å². The Morgan fingerprint density at radius 3 is 1.93 bits per heavy atom. The van der Waals surface area contributed by atoms with E-state index >= 15 is 0 Å². The number of carbonyl (C=O) groups is 5. The van der Waals surface area contributed by atoms with Crippen LogP contribution in [0.1, 0.15) is 91.0 Å². The Labute approximate surface area is 273 Å². The molecular weight excluding hydrogens is 584 g/mol. The molecule has 0 aliphatic carbocycles. The molecule has 0 bridgehead atoms. The van der Waals surface area contributed by atoms with Crippen LogP contribution in [-0.2, 0) is 30.4 Å². The van der Waals surface area contributed by atoms with E-state index in [1.165, 1.54) is 19.3 Å². The molecule has 0 aliphatic heterocycles. The molecule has 2 aromatic carbocycles. The molecule has 10 heteroatoms. The Balaban J connectivity index is 2.10. The third kappa shape index (κ3) is 14.3. The van der Waals surface area contributed by atoms with Crippen LogP contribution in [0, 0.1) is 5.92 Å². The van der Waals surface area contributed by atoms with Gasteiger partial charge in [0, 0.05) is 18.5 Å². The summed E-state index contributed by atoms with van der Waals surface area (Å²) >= 11 is 0. The van der Waals surface area contributed by atoms with Gasteiger partial charge in [-0.2, -0.15) is 0 Å². The lowest BCUT2D eigenvalue weighted by atomic mass is 9.98. The van der Waals surface area contributed by atoms with Crippen LogP contribution >= 0.6 is 0 Å². The molecule has 0 heterocycles. The number of methoxy groups -OCH3 is 1.